The predicted octanol–water partition coefficient (Wildman–Crippen LogP) is 5.20. The zero-order valence-corrected chi connectivity index (χ0v) is 20.5. The highest BCUT2D eigenvalue weighted by Gasteiger charge is 2.25. The van der Waals surface area contributed by atoms with Gasteiger partial charge in [0.25, 0.3) is 5.91 Å². The molecule has 5 nitrogen and oxygen atoms in total. The molecule has 1 atom stereocenters. The number of benzene rings is 2. The van der Waals surface area contributed by atoms with Crippen molar-refractivity contribution in [1.82, 2.24) is 9.80 Å². The maximum atomic E-state index is 12.7. The number of likely N-dealkylation sites (tertiary alicyclic amines) is 2. The number of hydrogen-bond acceptors (Lipinski definition) is 4. The van der Waals surface area contributed by atoms with Crippen molar-refractivity contribution in [3.8, 4) is 11.8 Å². The fourth-order valence-electron chi connectivity index (χ4n) is 4.62. The molecule has 2 aromatic carbocycles. The van der Waals surface area contributed by atoms with Crippen LogP contribution in [-0.2, 0) is 0 Å². The van der Waals surface area contributed by atoms with Crippen molar-refractivity contribution in [3.63, 3.8) is 0 Å². The summed E-state index contributed by atoms with van der Waals surface area (Å²) in [6, 6.07) is 17.5. The Morgan fingerprint density at radius 2 is 1.75 bits per heavy atom. The van der Waals surface area contributed by atoms with Crippen molar-refractivity contribution >= 4 is 28.5 Å². The number of hydrogen-bond donors (Lipinski definition) is 0. The standard InChI is InChI=1S/C26H30IN3O2/c27-25-3-1-14-29(25)15-2-18-32-24-10-8-21(9-11-24)22-12-16-30(17-13-22)26(31)23-6-4-20(19-28)5-7-23/h4-11,22,25H,1-3,12-18H2/t25-/m0/s1. The number of ether oxygens (including phenoxy) is 1. The molecule has 2 aromatic rings. The van der Waals surface area contributed by atoms with E-state index in [4.69, 9.17) is 10.00 Å². The Morgan fingerprint density at radius 3 is 2.38 bits per heavy atom. The lowest BCUT2D eigenvalue weighted by Gasteiger charge is -2.32. The highest BCUT2D eigenvalue weighted by atomic mass is 127. The summed E-state index contributed by atoms with van der Waals surface area (Å²) < 4.78 is 6.65. The van der Waals surface area contributed by atoms with Crippen LogP contribution < -0.4 is 4.74 Å². The molecule has 2 saturated heterocycles. The zero-order valence-electron chi connectivity index (χ0n) is 18.4. The summed E-state index contributed by atoms with van der Waals surface area (Å²) in [6.45, 7) is 4.62. The number of alkyl halides is 1. The molecule has 0 aromatic heterocycles. The van der Waals surface area contributed by atoms with Crippen LogP contribution in [-0.4, -0.2) is 52.5 Å². The molecule has 4 rings (SSSR count). The topological polar surface area (TPSA) is 56.6 Å². The first-order valence-electron chi connectivity index (χ1n) is 11.5. The van der Waals surface area contributed by atoms with E-state index in [1.54, 1.807) is 24.3 Å². The number of rotatable bonds is 7. The third-order valence-corrected chi connectivity index (χ3v) is 7.95. The molecule has 2 aliphatic heterocycles. The minimum atomic E-state index is 0.0551. The van der Waals surface area contributed by atoms with E-state index in [9.17, 15) is 4.79 Å². The van der Waals surface area contributed by atoms with E-state index >= 15 is 0 Å². The number of nitrogens with zero attached hydrogens (tertiary/aromatic N) is 3. The van der Waals surface area contributed by atoms with Crippen LogP contribution in [0, 0.1) is 11.3 Å². The molecule has 2 fully saturated rings. The van der Waals surface area contributed by atoms with E-state index in [1.807, 2.05) is 4.90 Å². The van der Waals surface area contributed by atoms with E-state index in [0.29, 0.717) is 21.1 Å². The highest BCUT2D eigenvalue weighted by Crippen LogP contribution is 2.30. The van der Waals surface area contributed by atoms with Crippen molar-refractivity contribution in [2.24, 2.45) is 0 Å². The molecule has 2 heterocycles. The molecule has 0 saturated carbocycles. The van der Waals surface area contributed by atoms with Gasteiger partial charge in [-0.3, -0.25) is 9.69 Å². The van der Waals surface area contributed by atoms with Crippen LogP contribution in [0.15, 0.2) is 48.5 Å². The Balaban J connectivity index is 1.21. The first kappa shape index (κ1) is 23.1. The van der Waals surface area contributed by atoms with Crippen molar-refractivity contribution in [2.45, 2.75) is 42.1 Å². The largest absolute Gasteiger partial charge is 0.494 e. The van der Waals surface area contributed by atoms with E-state index < -0.39 is 0 Å². The summed E-state index contributed by atoms with van der Waals surface area (Å²) in [5, 5.41) is 8.92. The molecule has 0 spiro atoms. The summed E-state index contributed by atoms with van der Waals surface area (Å²) in [6.07, 6.45) is 5.63. The molecule has 0 radical (unpaired) electrons. The summed E-state index contributed by atoms with van der Waals surface area (Å²) in [5.74, 6) is 1.47. The molecule has 0 unspecified atom stereocenters. The van der Waals surface area contributed by atoms with Gasteiger partial charge in [-0.05, 0) is 86.5 Å². The second-order valence-corrected chi connectivity index (χ2v) is 10.1. The SMILES string of the molecule is N#Cc1ccc(C(=O)N2CCC(c3ccc(OCCCN4CCC[C@H]4I)cc3)CC2)cc1. The van der Waals surface area contributed by atoms with Gasteiger partial charge in [-0.15, -0.1) is 0 Å². The average molecular weight is 543 g/mol. The van der Waals surface area contributed by atoms with Crippen molar-refractivity contribution < 1.29 is 9.53 Å². The molecule has 6 heteroatoms. The number of halogens is 1. The Morgan fingerprint density at radius 1 is 1.03 bits per heavy atom. The molecule has 0 bridgehead atoms. The monoisotopic (exact) mass is 543 g/mol. The van der Waals surface area contributed by atoms with Gasteiger partial charge in [0, 0.05) is 25.2 Å². The van der Waals surface area contributed by atoms with Gasteiger partial charge in [-0.1, -0.05) is 34.7 Å². The van der Waals surface area contributed by atoms with Crippen LogP contribution in [0.25, 0.3) is 0 Å². The normalized spacial score (nSPS) is 19.6. The van der Waals surface area contributed by atoms with Crippen molar-refractivity contribution in [2.75, 3.05) is 32.8 Å². The summed E-state index contributed by atoms with van der Waals surface area (Å²) >= 11 is 2.54. The Kier molecular flexibility index (Phi) is 8.04. The third kappa shape index (κ3) is 5.81. The molecule has 1 amide bonds. The number of carbonyl (C=O) groups is 1. The fraction of sp³-hybridized carbons (Fsp3) is 0.462. The van der Waals surface area contributed by atoms with Gasteiger partial charge in [-0.25, -0.2) is 0 Å². The lowest BCUT2D eigenvalue weighted by Crippen LogP contribution is -2.37. The number of piperidine rings is 1. The Hall–Kier alpha value is -2.11. The second kappa shape index (κ2) is 11.2. The van der Waals surface area contributed by atoms with Crippen LogP contribution in [0.5, 0.6) is 5.75 Å². The summed E-state index contributed by atoms with van der Waals surface area (Å²) in [5.41, 5.74) is 2.56. The average Bonchev–Trinajstić information content (AvgIpc) is 3.26. The van der Waals surface area contributed by atoms with Gasteiger partial charge < -0.3 is 9.64 Å². The molecule has 0 aliphatic carbocycles. The van der Waals surface area contributed by atoms with E-state index in [2.05, 4.69) is 57.8 Å². The first-order valence-corrected chi connectivity index (χ1v) is 12.8. The summed E-state index contributed by atoms with van der Waals surface area (Å²) in [7, 11) is 0. The molecular weight excluding hydrogens is 513 g/mol. The molecule has 168 valence electrons. The van der Waals surface area contributed by atoms with Crippen LogP contribution in [0.2, 0.25) is 0 Å². The first-order chi connectivity index (χ1) is 15.6. The molecule has 0 N–H and O–H groups in total. The van der Waals surface area contributed by atoms with Gasteiger partial charge in [0.1, 0.15) is 5.75 Å². The third-order valence-electron chi connectivity index (χ3n) is 6.54. The van der Waals surface area contributed by atoms with Gasteiger partial charge >= 0.3 is 0 Å². The lowest BCUT2D eigenvalue weighted by molar-refractivity contribution is 0.0713. The van der Waals surface area contributed by atoms with Gasteiger partial charge in [0.15, 0.2) is 0 Å². The van der Waals surface area contributed by atoms with Crippen LogP contribution >= 0.6 is 22.6 Å². The Bertz CT molecular complexity index is 931. The quantitative estimate of drug-likeness (QED) is 0.209. The van der Waals surface area contributed by atoms with Crippen LogP contribution in [0.4, 0.5) is 0 Å². The number of nitriles is 1. The van der Waals surface area contributed by atoms with Gasteiger partial charge in [-0.2, -0.15) is 5.26 Å². The molecule has 32 heavy (non-hydrogen) atoms. The highest BCUT2D eigenvalue weighted by molar-refractivity contribution is 14.1. The van der Waals surface area contributed by atoms with Crippen molar-refractivity contribution in [1.29, 1.82) is 5.26 Å². The minimum absolute atomic E-state index is 0.0551. The van der Waals surface area contributed by atoms with E-state index in [0.717, 1.165) is 51.3 Å². The second-order valence-electron chi connectivity index (χ2n) is 8.64. The zero-order chi connectivity index (χ0) is 22.3. The van der Waals surface area contributed by atoms with Crippen LogP contribution in [0.3, 0.4) is 0 Å². The maximum Gasteiger partial charge on any atom is 0.253 e. The Labute approximate surface area is 204 Å². The maximum absolute atomic E-state index is 12.7. The minimum Gasteiger partial charge on any atom is -0.494 e. The summed E-state index contributed by atoms with van der Waals surface area (Å²) in [4.78, 5) is 17.2. The van der Waals surface area contributed by atoms with Gasteiger partial charge in [0.05, 0.1) is 22.3 Å². The number of amides is 1. The fourth-order valence-corrected chi connectivity index (χ4v) is 5.61. The number of carbonyl (C=O) groups excluding carboxylic acids is 1. The van der Waals surface area contributed by atoms with Gasteiger partial charge in [0.2, 0.25) is 0 Å². The smallest absolute Gasteiger partial charge is 0.253 e. The van der Waals surface area contributed by atoms with Crippen LogP contribution in [0.1, 0.15) is 59.5 Å². The van der Waals surface area contributed by atoms with E-state index in [1.165, 1.54) is 24.9 Å². The predicted molar refractivity (Wildman–Crippen MR) is 134 cm³/mol. The molecule has 2 aliphatic rings. The van der Waals surface area contributed by atoms with E-state index in [-0.39, 0.29) is 5.91 Å². The van der Waals surface area contributed by atoms with Crippen molar-refractivity contribution in [3.05, 3.63) is 65.2 Å². The molecular formula is C26H30IN3O2. The lowest BCUT2D eigenvalue weighted by atomic mass is 9.89.